The standard InChI is InChI=1S/C18H18FN3O4S/c1-12(22(27(2,25)26)14-7-5-6-13(19)10-14)18(24)21-11-17(23)20-15-8-3-4-9-16(15)21/h3-10,12H,11H2,1-2H3,(H,20,23)/t12-/m0/s1. The monoisotopic (exact) mass is 391 g/mol. The molecule has 0 unspecified atom stereocenters. The maximum absolute atomic E-state index is 13.6. The van der Waals surface area contributed by atoms with E-state index in [0.717, 1.165) is 16.6 Å². The maximum Gasteiger partial charge on any atom is 0.251 e. The summed E-state index contributed by atoms with van der Waals surface area (Å²) in [6.07, 6.45) is 0.943. The molecule has 1 N–H and O–H groups in total. The van der Waals surface area contributed by atoms with E-state index in [1.54, 1.807) is 24.3 Å². The molecular formula is C18H18FN3O4S. The summed E-state index contributed by atoms with van der Waals surface area (Å²) in [5.74, 6) is -1.60. The lowest BCUT2D eigenvalue weighted by Crippen LogP contribution is -2.52. The second kappa shape index (κ2) is 6.99. The van der Waals surface area contributed by atoms with Crippen molar-refractivity contribution in [1.82, 2.24) is 0 Å². The van der Waals surface area contributed by atoms with Gasteiger partial charge in [-0.1, -0.05) is 18.2 Å². The number of benzene rings is 2. The van der Waals surface area contributed by atoms with Crippen LogP contribution in [0, 0.1) is 5.82 Å². The van der Waals surface area contributed by atoms with Gasteiger partial charge in [-0.05, 0) is 37.3 Å². The van der Waals surface area contributed by atoms with Crippen LogP contribution in [0.25, 0.3) is 0 Å². The molecular weight excluding hydrogens is 373 g/mol. The van der Waals surface area contributed by atoms with Crippen LogP contribution in [-0.2, 0) is 19.6 Å². The lowest BCUT2D eigenvalue weighted by molar-refractivity contribution is -0.122. The number of carbonyl (C=O) groups is 2. The molecule has 7 nitrogen and oxygen atoms in total. The lowest BCUT2D eigenvalue weighted by Gasteiger charge is -2.35. The van der Waals surface area contributed by atoms with Crippen LogP contribution in [-0.4, -0.2) is 39.1 Å². The third-order valence-corrected chi connectivity index (χ3v) is 5.41. The van der Waals surface area contributed by atoms with Gasteiger partial charge in [0.1, 0.15) is 18.4 Å². The van der Waals surface area contributed by atoms with E-state index < -0.39 is 27.8 Å². The molecule has 2 amide bonds. The predicted molar refractivity (Wildman–Crippen MR) is 101 cm³/mol. The van der Waals surface area contributed by atoms with E-state index >= 15 is 0 Å². The minimum absolute atomic E-state index is 0.0353. The Morgan fingerprint density at radius 2 is 1.93 bits per heavy atom. The number of carbonyl (C=O) groups excluding carboxylic acids is 2. The average molecular weight is 391 g/mol. The van der Waals surface area contributed by atoms with E-state index in [2.05, 4.69) is 5.32 Å². The van der Waals surface area contributed by atoms with Crippen molar-refractivity contribution in [1.29, 1.82) is 0 Å². The van der Waals surface area contributed by atoms with Crippen LogP contribution in [0.2, 0.25) is 0 Å². The first-order valence-corrected chi connectivity index (χ1v) is 9.98. The van der Waals surface area contributed by atoms with Crippen molar-refractivity contribution in [3.05, 3.63) is 54.3 Å². The summed E-state index contributed by atoms with van der Waals surface area (Å²) < 4.78 is 39.1. The van der Waals surface area contributed by atoms with Gasteiger partial charge in [0.05, 0.1) is 23.3 Å². The van der Waals surface area contributed by atoms with E-state index in [-0.39, 0.29) is 18.1 Å². The number of para-hydroxylation sites is 2. The van der Waals surface area contributed by atoms with Gasteiger partial charge in [0.25, 0.3) is 5.91 Å². The van der Waals surface area contributed by atoms with Gasteiger partial charge in [0.2, 0.25) is 15.9 Å². The highest BCUT2D eigenvalue weighted by molar-refractivity contribution is 7.92. The average Bonchev–Trinajstić information content (AvgIpc) is 2.59. The van der Waals surface area contributed by atoms with Crippen molar-refractivity contribution in [3.8, 4) is 0 Å². The number of nitrogens with zero attached hydrogens (tertiary/aromatic N) is 2. The Bertz CT molecular complexity index is 1010. The molecule has 0 saturated carbocycles. The maximum atomic E-state index is 13.6. The van der Waals surface area contributed by atoms with Crippen LogP contribution in [0.4, 0.5) is 21.5 Å². The van der Waals surface area contributed by atoms with Gasteiger partial charge >= 0.3 is 0 Å². The summed E-state index contributed by atoms with van der Waals surface area (Å²) in [6.45, 7) is 1.17. The van der Waals surface area contributed by atoms with Crippen LogP contribution in [0.5, 0.6) is 0 Å². The number of hydrogen-bond acceptors (Lipinski definition) is 4. The molecule has 2 aromatic carbocycles. The first-order chi connectivity index (χ1) is 12.7. The van der Waals surface area contributed by atoms with Crippen molar-refractivity contribution in [3.63, 3.8) is 0 Å². The van der Waals surface area contributed by atoms with Crippen LogP contribution in [0.3, 0.4) is 0 Å². The summed E-state index contributed by atoms with van der Waals surface area (Å²) in [6, 6.07) is 10.6. The van der Waals surface area contributed by atoms with Gasteiger partial charge in [-0.15, -0.1) is 0 Å². The molecule has 9 heteroatoms. The number of nitrogens with one attached hydrogen (secondary N) is 1. The summed E-state index contributed by atoms with van der Waals surface area (Å²) in [7, 11) is -3.89. The number of anilines is 3. The molecule has 0 radical (unpaired) electrons. The highest BCUT2D eigenvalue weighted by Crippen LogP contribution is 2.31. The fraction of sp³-hybridized carbons (Fsp3) is 0.222. The number of sulfonamides is 1. The second-order valence-corrected chi connectivity index (χ2v) is 8.06. The zero-order chi connectivity index (χ0) is 19.8. The quantitative estimate of drug-likeness (QED) is 0.863. The molecule has 1 aliphatic heterocycles. The summed E-state index contributed by atoms with van der Waals surface area (Å²) in [5, 5.41) is 2.67. The minimum Gasteiger partial charge on any atom is -0.323 e. The van der Waals surface area contributed by atoms with Crippen LogP contribution in [0.15, 0.2) is 48.5 Å². The topological polar surface area (TPSA) is 86.8 Å². The molecule has 3 rings (SSSR count). The van der Waals surface area contributed by atoms with Crippen molar-refractivity contribution < 1.29 is 22.4 Å². The Morgan fingerprint density at radius 1 is 1.22 bits per heavy atom. The SMILES string of the molecule is C[C@@H](C(=O)N1CC(=O)Nc2ccccc21)N(c1cccc(F)c1)S(C)(=O)=O. The van der Waals surface area contributed by atoms with Gasteiger partial charge in [-0.2, -0.15) is 0 Å². The van der Waals surface area contributed by atoms with Crippen LogP contribution in [0.1, 0.15) is 6.92 Å². The van der Waals surface area contributed by atoms with Gasteiger partial charge in [0, 0.05) is 0 Å². The smallest absolute Gasteiger partial charge is 0.251 e. The largest absolute Gasteiger partial charge is 0.323 e. The fourth-order valence-electron chi connectivity index (χ4n) is 3.07. The van der Waals surface area contributed by atoms with E-state index in [1.807, 2.05) is 0 Å². The van der Waals surface area contributed by atoms with Crippen LogP contribution < -0.4 is 14.5 Å². The molecule has 1 aliphatic rings. The molecule has 2 aromatic rings. The van der Waals surface area contributed by atoms with Gasteiger partial charge in [-0.3, -0.25) is 18.8 Å². The highest BCUT2D eigenvalue weighted by atomic mass is 32.2. The first kappa shape index (κ1) is 18.8. The third kappa shape index (κ3) is 3.77. The third-order valence-electron chi connectivity index (χ3n) is 4.17. The number of hydrogen-bond donors (Lipinski definition) is 1. The van der Waals surface area contributed by atoms with Gasteiger partial charge in [-0.25, -0.2) is 12.8 Å². The molecule has 0 fully saturated rings. The molecule has 0 spiro atoms. The van der Waals surface area contributed by atoms with Crippen molar-refractivity contribution in [2.24, 2.45) is 0 Å². The highest BCUT2D eigenvalue weighted by Gasteiger charge is 2.35. The van der Waals surface area contributed by atoms with Crippen molar-refractivity contribution in [2.45, 2.75) is 13.0 Å². The summed E-state index contributed by atoms with van der Waals surface area (Å²) in [5.41, 5.74) is 0.973. The fourth-order valence-corrected chi connectivity index (χ4v) is 4.23. The van der Waals surface area contributed by atoms with E-state index in [9.17, 15) is 22.4 Å². The zero-order valence-electron chi connectivity index (χ0n) is 14.7. The minimum atomic E-state index is -3.89. The van der Waals surface area contributed by atoms with Crippen molar-refractivity contribution >= 4 is 38.9 Å². The normalized spacial score (nSPS) is 14.9. The number of halogens is 1. The Labute approximate surface area is 156 Å². The summed E-state index contributed by atoms with van der Waals surface area (Å²) >= 11 is 0. The number of amides is 2. The Morgan fingerprint density at radius 3 is 2.59 bits per heavy atom. The molecule has 0 bridgehead atoms. The van der Waals surface area contributed by atoms with E-state index in [4.69, 9.17) is 0 Å². The summed E-state index contributed by atoms with van der Waals surface area (Å²) in [4.78, 5) is 26.3. The Balaban J connectivity index is 2.01. The first-order valence-electron chi connectivity index (χ1n) is 8.13. The van der Waals surface area contributed by atoms with Crippen LogP contribution >= 0.6 is 0 Å². The van der Waals surface area contributed by atoms with Gasteiger partial charge in [0.15, 0.2) is 0 Å². The van der Waals surface area contributed by atoms with E-state index in [1.165, 1.54) is 30.0 Å². The Kier molecular flexibility index (Phi) is 4.88. The zero-order valence-corrected chi connectivity index (χ0v) is 15.5. The van der Waals surface area contributed by atoms with Crippen molar-refractivity contribution in [2.75, 3.05) is 27.3 Å². The van der Waals surface area contributed by atoms with Gasteiger partial charge < -0.3 is 5.32 Å². The number of fused-ring (bicyclic) bond motifs is 1. The molecule has 0 saturated heterocycles. The Hall–Kier alpha value is -2.94. The molecule has 142 valence electrons. The number of rotatable bonds is 4. The van der Waals surface area contributed by atoms with E-state index in [0.29, 0.717) is 11.4 Å². The molecule has 27 heavy (non-hydrogen) atoms. The molecule has 1 heterocycles. The molecule has 0 aromatic heterocycles. The lowest BCUT2D eigenvalue weighted by atomic mass is 10.1. The molecule has 0 aliphatic carbocycles. The second-order valence-electron chi connectivity index (χ2n) is 6.20. The predicted octanol–water partition coefficient (Wildman–Crippen LogP) is 1.97. The molecule has 1 atom stereocenters.